The molecule has 0 saturated heterocycles. The predicted octanol–water partition coefficient (Wildman–Crippen LogP) is 0.290. The molecule has 1 amide bonds. The number of benzene rings is 1. The van der Waals surface area contributed by atoms with Gasteiger partial charge in [0.2, 0.25) is 15.9 Å². The highest BCUT2D eigenvalue weighted by molar-refractivity contribution is 7.89. The molecule has 7 heteroatoms. The van der Waals surface area contributed by atoms with E-state index >= 15 is 0 Å². The van der Waals surface area contributed by atoms with Crippen molar-refractivity contribution in [3.63, 3.8) is 0 Å². The third-order valence-electron chi connectivity index (χ3n) is 2.77. The molecule has 0 fully saturated rings. The molecule has 1 aromatic carbocycles. The van der Waals surface area contributed by atoms with Crippen LogP contribution in [0.2, 0.25) is 0 Å². The largest absolute Gasteiger partial charge is 0.383 e. The molecule has 0 aliphatic heterocycles. The molecule has 0 spiro atoms. The van der Waals surface area contributed by atoms with Crippen molar-refractivity contribution in [1.82, 2.24) is 10.0 Å². The molecule has 112 valence electrons. The van der Waals surface area contributed by atoms with Gasteiger partial charge in [-0.3, -0.25) is 4.79 Å². The zero-order chi connectivity index (χ0) is 15.0. The second-order valence-corrected chi connectivity index (χ2v) is 6.08. The van der Waals surface area contributed by atoms with Crippen molar-refractivity contribution < 1.29 is 17.9 Å². The third-order valence-corrected chi connectivity index (χ3v) is 4.20. The first kappa shape index (κ1) is 16.6. The summed E-state index contributed by atoms with van der Waals surface area (Å²) in [5.41, 5.74) is 0.918. The number of nitrogens with one attached hydrogen (secondary N) is 2. The van der Waals surface area contributed by atoms with Gasteiger partial charge < -0.3 is 10.1 Å². The summed E-state index contributed by atoms with van der Waals surface area (Å²) in [5, 5.41) is 2.73. The van der Waals surface area contributed by atoms with E-state index in [9.17, 15) is 13.2 Å². The van der Waals surface area contributed by atoms with Crippen molar-refractivity contribution in [1.29, 1.82) is 0 Å². The molecular formula is C13H20N2O4S. The van der Waals surface area contributed by atoms with Crippen LogP contribution >= 0.6 is 0 Å². The molecule has 0 heterocycles. The Morgan fingerprint density at radius 1 is 1.25 bits per heavy atom. The molecule has 20 heavy (non-hydrogen) atoms. The van der Waals surface area contributed by atoms with Crippen LogP contribution in [0.4, 0.5) is 0 Å². The fourth-order valence-corrected chi connectivity index (χ4v) is 2.32. The SMILES string of the molecule is CNS(=O)(=O)c1ccc(CCC(=O)NCCOC)cc1. The van der Waals surface area contributed by atoms with E-state index < -0.39 is 10.0 Å². The van der Waals surface area contributed by atoms with Crippen LogP contribution < -0.4 is 10.0 Å². The minimum absolute atomic E-state index is 0.0472. The number of rotatable bonds is 8. The topological polar surface area (TPSA) is 84.5 Å². The number of carbonyl (C=O) groups excluding carboxylic acids is 1. The predicted molar refractivity (Wildman–Crippen MR) is 75.9 cm³/mol. The van der Waals surface area contributed by atoms with E-state index in [0.29, 0.717) is 26.0 Å². The zero-order valence-electron chi connectivity index (χ0n) is 11.7. The maximum Gasteiger partial charge on any atom is 0.240 e. The molecule has 0 aliphatic rings. The molecule has 0 unspecified atom stereocenters. The molecule has 0 saturated carbocycles. The average Bonchev–Trinajstić information content (AvgIpc) is 2.46. The molecule has 2 N–H and O–H groups in total. The van der Waals surface area contributed by atoms with Crippen molar-refractivity contribution in [2.75, 3.05) is 27.3 Å². The van der Waals surface area contributed by atoms with Gasteiger partial charge in [0.05, 0.1) is 11.5 Å². The van der Waals surface area contributed by atoms with Crippen molar-refractivity contribution >= 4 is 15.9 Å². The maximum absolute atomic E-state index is 11.5. The second kappa shape index (κ2) is 7.98. The highest BCUT2D eigenvalue weighted by Gasteiger charge is 2.10. The van der Waals surface area contributed by atoms with Gasteiger partial charge in [-0.1, -0.05) is 12.1 Å². The van der Waals surface area contributed by atoms with Crippen molar-refractivity contribution in [2.45, 2.75) is 17.7 Å². The van der Waals surface area contributed by atoms with Gasteiger partial charge >= 0.3 is 0 Å². The van der Waals surface area contributed by atoms with Gasteiger partial charge in [0.25, 0.3) is 0 Å². The van der Waals surface area contributed by atoms with Crippen LogP contribution in [-0.4, -0.2) is 41.6 Å². The number of carbonyl (C=O) groups is 1. The fourth-order valence-electron chi connectivity index (χ4n) is 1.59. The van der Waals surface area contributed by atoms with Gasteiger partial charge in [-0.25, -0.2) is 13.1 Å². The van der Waals surface area contributed by atoms with E-state index in [0.717, 1.165) is 5.56 Å². The fraction of sp³-hybridized carbons (Fsp3) is 0.462. The molecule has 0 aromatic heterocycles. The standard InChI is InChI=1S/C13H20N2O4S/c1-14-20(17,18)12-6-3-11(4-7-12)5-8-13(16)15-9-10-19-2/h3-4,6-7,14H,5,8-10H2,1-2H3,(H,15,16). The van der Waals surface area contributed by atoms with Crippen molar-refractivity contribution in [2.24, 2.45) is 0 Å². The Kier molecular flexibility index (Phi) is 6.63. The van der Waals surface area contributed by atoms with E-state index in [1.807, 2.05) is 0 Å². The molecule has 0 aliphatic carbocycles. The monoisotopic (exact) mass is 300 g/mol. The van der Waals surface area contributed by atoms with Gasteiger partial charge in [-0.05, 0) is 31.2 Å². The van der Waals surface area contributed by atoms with Crippen molar-refractivity contribution in [3.05, 3.63) is 29.8 Å². The van der Waals surface area contributed by atoms with E-state index in [4.69, 9.17) is 4.74 Å². The summed E-state index contributed by atoms with van der Waals surface area (Å²) in [7, 11) is -0.459. The number of hydrogen-bond donors (Lipinski definition) is 2. The Bertz CT molecular complexity index is 526. The van der Waals surface area contributed by atoms with Gasteiger partial charge in [0.15, 0.2) is 0 Å². The van der Waals surface area contributed by atoms with Crippen molar-refractivity contribution in [3.8, 4) is 0 Å². The number of ether oxygens (including phenoxy) is 1. The number of sulfonamides is 1. The Morgan fingerprint density at radius 2 is 1.90 bits per heavy atom. The summed E-state index contributed by atoms with van der Waals surface area (Å²) >= 11 is 0. The van der Waals surface area contributed by atoms with Crippen LogP contribution in [0.25, 0.3) is 0 Å². The van der Waals surface area contributed by atoms with Crippen LogP contribution in [0.15, 0.2) is 29.2 Å². The first-order valence-electron chi connectivity index (χ1n) is 6.27. The first-order valence-corrected chi connectivity index (χ1v) is 7.76. The van der Waals surface area contributed by atoms with Crippen LogP contribution in [-0.2, 0) is 26.0 Å². The number of amides is 1. The minimum atomic E-state index is -3.40. The lowest BCUT2D eigenvalue weighted by Crippen LogP contribution is -2.27. The first-order chi connectivity index (χ1) is 9.49. The van der Waals surface area contributed by atoms with Crippen LogP contribution in [0, 0.1) is 0 Å². The molecule has 0 radical (unpaired) electrons. The summed E-state index contributed by atoms with van der Waals surface area (Å²) in [4.78, 5) is 11.7. The summed E-state index contributed by atoms with van der Waals surface area (Å²) in [6.07, 6.45) is 0.931. The van der Waals surface area contributed by atoms with E-state index in [2.05, 4.69) is 10.0 Å². The van der Waals surface area contributed by atoms with E-state index in [1.165, 1.54) is 19.2 Å². The summed E-state index contributed by atoms with van der Waals surface area (Å²) < 4.78 is 30.2. The molecular weight excluding hydrogens is 280 g/mol. The Morgan fingerprint density at radius 3 is 2.45 bits per heavy atom. The van der Waals surface area contributed by atoms with E-state index in [-0.39, 0.29) is 10.8 Å². The van der Waals surface area contributed by atoms with Crippen LogP contribution in [0.1, 0.15) is 12.0 Å². The Labute approximate surface area is 119 Å². The lowest BCUT2D eigenvalue weighted by Gasteiger charge is -2.06. The normalized spacial score (nSPS) is 11.3. The Balaban J connectivity index is 2.48. The Hall–Kier alpha value is -1.44. The third kappa shape index (κ3) is 5.28. The molecule has 1 aromatic rings. The molecule has 0 bridgehead atoms. The maximum atomic E-state index is 11.5. The van der Waals surface area contributed by atoms with E-state index in [1.54, 1.807) is 19.2 Å². The summed E-state index contributed by atoms with van der Waals surface area (Å²) in [6, 6.07) is 6.49. The highest BCUT2D eigenvalue weighted by atomic mass is 32.2. The van der Waals surface area contributed by atoms with Crippen LogP contribution in [0.3, 0.4) is 0 Å². The lowest BCUT2D eigenvalue weighted by molar-refractivity contribution is -0.121. The molecule has 6 nitrogen and oxygen atoms in total. The summed E-state index contributed by atoms with van der Waals surface area (Å²) in [6.45, 7) is 0.983. The van der Waals surface area contributed by atoms with Gasteiger partial charge in [0, 0.05) is 20.1 Å². The number of hydrogen-bond acceptors (Lipinski definition) is 4. The van der Waals surface area contributed by atoms with Gasteiger partial charge in [-0.15, -0.1) is 0 Å². The van der Waals surface area contributed by atoms with Crippen LogP contribution in [0.5, 0.6) is 0 Å². The highest BCUT2D eigenvalue weighted by Crippen LogP contribution is 2.11. The van der Waals surface area contributed by atoms with Gasteiger partial charge in [0.1, 0.15) is 0 Å². The second-order valence-electron chi connectivity index (χ2n) is 4.19. The molecule has 0 atom stereocenters. The number of methoxy groups -OCH3 is 1. The lowest BCUT2D eigenvalue weighted by atomic mass is 10.1. The quantitative estimate of drug-likeness (QED) is 0.676. The molecule has 1 rings (SSSR count). The smallest absolute Gasteiger partial charge is 0.240 e. The average molecular weight is 300 g/mol. The number of aryl methyl sites for hydroxylation is 1. The minimum Gasteiger partial charge on any atom is -0.383 e. The zero-order valence-corrected chi connectivity index (χ0v) is 12.5. The summed E-state index contributed by atoms with van der Waals surface area (Å²) in [5.74, 6) is -0.0472. The van der Waals surface area contributed by atoms with Gasteiger partial charge in [-0.2, -0.15) is 0 Å².